The molecule has 20 heavy (non-hydrogen) atoms. The number of hydrogen-bond donors (Lipinski definition) is 1. The summed E-state index contributed by atoms with van der Waals surface area (Å²) in [5.41, 5.74) is 9.31. The number of benzene rings is 1. The van der Waals surface area contributed by atoms with E-state index in [0.717, 1.165) is 31.7 Å². The number of thiocarbonyl (C=S) groups is 1. The molecule has 0 amide bonds. The summed E-state index contributed by atoms with van der Waals surface area (Å²) < 4.78 is 0. The van der Waals surface area contributed by atoms with Gasteiger partial charge in [0.15, 0.2) is 0 Å². The molecule has 1 heterocycles. The van der Waals surface area contributed by atoms with Gasteiger partial charge in [-0.2, -0.15) is 0 Å². The molecule has 0 spiro atoms. The Morgan fingerprint density at radius 2 is 1.95 bits per heavy atom. The standard InChI is InChI=1S/C16H25N3S/c1-4-13(3)18-7-9-19(10-8-18)15-11-12(2)5-6-14(15)16(17)20/h5-6,11,13H,4,7-10H2,1-3H3,(H2,17,20). The van der Waals surface area contributed by atoms with Crippen molar-refractivity contribution in [2.45, 2.75) is 33.2 Å². The summed E-state index contributed by atoms with van der Waals surface area (Å²) in [6, 6.07) is 7.00. The van der Waals surface area contributed by atoms with Crippen LogP contribution in [0.4, 0.5) is 5.69 Å². The fourth-order valence-corrected chi connectivity index (χ4v) is 2.95. The van der Waals surface area contributed by atoms with E-state index in [1.54, 1.807) is 0 Å². The van der Waals surface area contributed by atoms with E-state index < -0.39 is 0 Å². The van der Waals surface area contributed by atoms with E-state index in [1.807, 2.05) is 6.07 Å². The molecule has 0 radical (unpaired) electrons. The first-order chi connectivity index (χ1) is 9.52. The Morgan fingerprint density at radius 3 is 2.50 bits per heavy atom. The van der Waals surface area contributed by atoms with Crippen LogP contribution in [0.25, 0.3) is 0 Å². The summed E-state index contributed by atoms with van der Waals surface area (Å²) in [6.07, 6.45) is 1.21. The first-order valence-corrected chi connectivity index (χ1v) is 7.83. The Labute approximate surface area is 127 Å². The van der Waals surface area contributed by atoms with E-state index in [2.05, 4.69) is 42.7 Å². The first kappa shape index (κ1) is 15.3. The van der Waals surface area contributed by atoms with Crippen molar-refractivity contribution >= 4 is 22.9 Å². The maximum Gasteiger partial charge on any atom is 0.106 e. The zero-order chi connectivity index (χ0) is 14.7. The van der Waals surface area contributed by atoms with E-state index in [-0.39, 0.29) is 0 Å². The lowest BCUT2D eigenvalue weighted by molar-refractivity contribution is 0.193. The Morgan fingerprint density at radius 1 is 1.30 bits per heavy atom. The summed E-state index contributed by atoms with van der Waals surface area (Å²) >= 11 is 5.19. The van der Waals surface area contributed by atoms with Gasteiger partial charge < -0.3 is 10.6 Å². The van der Waals surface area contributed by atoms with Gasteiger partial charge in [0.05, 0.1) is 0 Å². The topological polar surface area (TPSA) is 32.5 Å². The van der Waals surface area contributed by atoms with Crippen molar-refractivity contribution in [3.63, 3.8) is 0 Å². The number of rotatable bonds is 4. The van der Waals surface area contributed by atoms with Gasteiger partial charge in [0, 0.05) is 43.5 Å². The molecule has 0 aromatic heterocycles. The highest BCUT2D eigenvalue weighted by Crippen LogP contribution is 2.24. The average Bonchev–Trinajstić information content (AvgIpc) is 2.46. The Bertz CT molecular complexity index is 479. The van der Waals surface area contributed by atoms with Gasteiger partial charge in [-0.05, 0) is 38.0 Å². The number of nitrogens with zero attached hydrogens (tertiary/aromatic N) is 2. The van der Waals surface area contributed by atoms with Crippen molar-refractivity contribution in [3.8, 4) is 0 Å². The largest absolute Gasteiger partial charge is 0.389 e. The molecule has 1 aliphatic rings. The Balaban J connectivity index is 2.14. The van der Waals surface area contributed by atoms with Gasteiger partial charge in [-0.3, -0.25) is 4.90 Å². The second-order valence-electron chi connectivity index (χ2n) is 5.67. The smallest absolute Gasteiger partial charge is 0.106 e. The molecule has 110 valence electrons. The predicted molar refractivity (Wildman–Crippen MR) is 90.6 cm³/mol. The fraction of sp³-hybridized carbons (Fsp3) is 0.562. The third-order valence-electron chi connectivity index (χ3n) is 4.29. The van der Waals surface area contributed by atoms with Gasteiger partial charge in [0.2, 0.25) is 0 Å². The highest BCUT2D eigenvalue weighted by molar-refractivity contribution is 7.80. The Kier molecular flexibility index (Phi) is 5.00. The van der Waals surface area contributed by atoms with Crippen molar-refractivity contribution in [1.82, 2.24) is 4.90 Å². The summed E-state index contributed by atoms with van der Waals surface area (Å²) in [5.74, 6) is 0. The molecular formula is C16H25N3S. The second kappa shape index (κ2) is 6.55. The molecule has 1 aromatic rings. The molecule has 2 N–H and O–H groups in total. The summed E-state index contributed by atoms with van der Waals surface area (Å²) in [4.78, 5) is 5.47. The Hall–Kier alpha value is -1.13. The van der Waals surface area contributed by atoms with Gasteiger partial charge in [-0.25, -0.2) is 0 Å². The van der Waals surface area contributed by atoms with Crippen LogP contribution in [0.1, 0.15) is 31.4 Å². The quantitative estimate of drug-likeness (QED) is 0.864. The van der Waals surface area contributed by atoms with E-state index in [1.165, 1.54) is 17.7 Å². The van der Waals surface area contributed by atoms with Gasteiger partial charge in [0.25, 0.3) is 0 Å². The third kappa shape index (κ3) is 3.30. The molecule has 1 saturated heterocycles. The minimum Gasteiger partial charge on any atom is -0.389 e. The first-order valence-electron chi connectivity index (χ1n) is 7.42. The lowest BCUT2D eigenvalue weighted by Gasteiger charge is -2.39. The molecular weight excluding hydrogens is 266 g/mol. The molecule has 0 bridgehead atoms. The third-order valence-corrected chi connectivity index (χ3v) is 4.51. The highest BCUT2D eigenvalue weighted by atomic mass is 32.1. The lowest BCUT2D eigenvalue weighted by atomic mass is 10.1. The van der Waals surface area contributed by atoms with Crippen molar-refractivity contribution in [2.75, 3.05) is 31.1 Å². The molecule has 1 aliphatic heterocycles. The van der Waals surface area contributed by atoms with Crippen LogP contribution in [0, 0.1) is 6.92 Å². The minimum atomic E-state index is 0.490. The highest BCUT2D eigenvalue weighted by Gasteiger charge is 2.22. The second-order valence-corrected chi connectivity index (χ2v) is 6.10. The molecule has 1 fully saturated rings. The van der Waals surface area contributed by atoms with Gasteiger partial charge in [-0.15, -0.1) is 0 Å². The van der Waals surface area contributed by atoms with Crippen molar-refractivity contribution in [2.24, 2.45) is 5.73 Å². The van der Waals surface area contributed by atoms with E-state index in [4.69, 9.17) is 18.0 Å². The number of hydrogen-bond acceptors (Lipinski definition) is 3. The minimum absolute atomic E-state index is 0.490. The van der Waals surface area contributed by atoms with Crippen molar-refractivity contribution in [1.29, 1.82) is 0 Å². The van der Waals surface area contributed by atoms with Crippen LogP contribution in [0.3, 0.4) is 0 Å². The number of nitrogens with two attached hydrogens (primary N) is 1. The van der Waals surface area contributed by atoms with E-state index in [0.29, 0.717) is 11.0 Å². The zero-order valence-electron chi connectivity index (χ0n) is 12.7. The molecule has 2 rings (SSSR count). The van der Waals surface area contributed by atoms with Crippen molar-refractivity contribution in [3.05, 3.63) is 29.3 Å². The monoisotopic (exact) mass is 291 g/mol. The number of aryl methyl sites for hydroxylation is 1. The van der Waals surface area contributed by atoms with E-state index >= 15 is 0 Å². The molecule has 1 aromatic carbocycles. The summed E-state index contributed by atoms with van der Waals surface area (Å²) in [5, 5.41) is 0. The number of anilines is 1. The van der Waals surface area contributed by atoms with Crippen LogP contribution >= 0.6 is 12.2 Å². The SMILES string of the molecule is CCC(C)N1CCN(c2cc(C)ccc2C(N)=S)CC1. The van der Waals surface area contributed by atoms with Crippen molar-refractivity contribution < 1.29 is 0 Å². The summed E-state index contributed by atoms with van der Waals surface area (Å²) in [7, 11) is 0. The molecule has 1 unspecified atom stereocenters. The van der Waals surface area contributed by atoms with Gasteiger partial charge >= 0.3 is 0 Å². The molecule has 1 atom stereocenters. The fourth-order valence-electron chi connectivity index (χ4n) is 2.77. The molecule has 4 heteroatoms. The molecule has 0 aliphatic carbocycles. The lowest BCUT2D eigenvalue weighted by Crippen LogP contribution is -2.49. The number of piperazine rings is 1. The maximum atomic E-state index is 5.86. The predicted octanol–water partition coefficient (Wildman–Crippen LogP) is 2.55. The van der Waals surface area contributed by atoms with Gasteiger partial charge in [-0.1, -0.05) is 25.2 Å². The molecule has 0 saturated carbocycles. The zero-order valence-corrected chi connectivity index (χ0v) is 13.5. The van der Waals surface area contributed by atoms with Crippen LogP contribution < -0.4 is 10.6 Å². The maximum absolute atomic E-state index is 5.86. The van der Waals surface area contributed by atoms with Crippen LogP contribution in [-0.4, -0.2) is 42.1 Å². The summed E-state index contributed by atoms with van der Waals surface area (Å²) in [6.45, 7) is 11.0. The van der Waals surface area contributed by atoms with Gasteiger partial charge in [0.1, 0.15) is 4.99 Å². The normalized spacial score (nSPS) is 18.1. The van der Waals surface area contributed by atoms with E-state index in [9.17, 15) is 0 Å². The van der Waals surface area contributed by atoms with Crippen LogP contribution in [0.15, 0.2) is 18.2 Å². The molecule has 3 nitrogen and oxygen atoms in total. The van der Waals surface area contributed by atoms with Crippen LogP contribution in [0.2, 0.25) is 0 Å². The van der Waals surface area contributed by atoms with Crippen LogP contribution in [-0.2, 0) is 0 Å². The van der Waals surface area contributed by atoms with Crippen LogP contribution in [0.5, 0.6) is 0 Å². The average molecular weight is 291 g/mol.